The Bertz CT molecular complexity index is 1570. The molecular formula is C35H37N3O2. The number of aromatic hydroxyl groups is 1. The van der Waals surface area contributed by atoms with Gasteiger partial charge in [-0.25, -0.2) is 0 Å². The maximum absolute atomic E-state index is 14.3. The van der Waals surface area contributed by atoms with Gasteiger partial charge in [-0.2, -0.15) is 0 Å². The smallest absolute Gasteiger partial charge is 0.272 e. The number of likely N-dealkylation sites (N-methyl/N-ethyl adjacent to an activating group) is 1. The number of para-hydroxylation sites is 1. The number of aryl methyl sites for hydroxylation is 1. The number of aromatic nitrogens is 1. The summed E-state index contributed by atoms with van der Waals surface area (Å²) in [4.78, 5) is 16.5. The summed E-state index contributed by atoms with van der Waals surface area (Å²) in [5, 5.41) is 14.3. The number of hydrogen-bond donors (Lipinski definition) is 2. The van der Waals surface area contributed by atoms with Crippen LogP contribution in [-0.4, -0.2) is 41.1 Å². The van der Waals surface area contributed by atoms with Gasteiger partial charge in [0.15, 0.2) is 0 Å². The molecule has 0 fully saturated rings. The minimum atomic E-state index is -0.208. The van der Waals surface area contributed by atoms with Gasteiger partial charge in [-0.05, 0) is 67.5 Å². The summed E-state index contributed by atoms with van der Waals surface area (Å²) in [5.74, 6) is -0.124. The Balaban J connectivity index is 1.72. The van der Waals surface area contributed by atoms with Crippen molar-refractivity contribution in [2.45, 2.75) is 32.2 Å². The highest BCUT2D eigenvalue weighted by molar-refractivity contribution is 6.09. The number of fused-ring (bicyclic) bond motifs is 1. The Morgan fingerprint density at radius 3 is 2.17 bits per heavy atom. The zero-order valence-electron chi connectivity index (χ0n) is 23.5. The van der Waals surface area contributed by atoms with Gasteiger partial charge in [-0.1, -0.05) is 86.1 Å². The van der Waals surface area contributed by atoms with Gasteiger partial charge in [0.05, 0.1) is 0 Å². The topological polar surface area (TPSA) is 57.5 Å². The molecule has 5 aromatic rings. The first-order valence-corrected chi connectivity index (χ1v) is 14.0. The van der Waals surface area contributed by atoms with E-state index in [1.807, 2.05) is 68.7 Å². The molecule has 1 amide bonds. The van der Waals surface area contributed by atoms with Gasteiger partial charge in [0.25, 0.3) is 5.91 Å². The summed E-state index contributed by atoms with van der Waals surface area (Å²) in [5.41, 5.74) is 6.79. The number of benzene rings is 4. The molecule has 0 aliphatic rings. The number of nitrogens with one attached hydrogen (secondary N) is 1. The molecule has 2 N–H and O–H groups in total. The highest BCUT2D eigenvalue weighted by atomic mass is 16.3. The lowest BCUT2D eigenvalue weighted by Gasteiger charge is -2.21. The van der Waals surface area contributed by atoms with E-state index in [2.05, 4.69) is 58.1 Å². The van der Waals surface area contributed by atoms with E-state index in [-0.39, 0.29) is 17.6 Å². The van der Waals surface area contributed by atoms with Gasteiger partial charge in [0.2, 0.25) is 0 Å². The Hall–Kier alpha value is -4.35. The van der Waals surface area contributed by atoms with Crippen LogP contribution in [0.25, 0.3) is 10.9 Å². The minimum Gasteiger partial charge on any atom is -0.508 e. The Labute approximate surface area is 236 Å². The van der Waals surface area contributed by atoms with E-state index in [0.717, 1.165) is 52.7 Å². The second-order valence-electron chi connectivity index (χ2n) is 10.6. The average molecular weight is 532 g/mol. The maximum atomic E-state index is 14.3. The highest BCUT2D eigenvalue weighted by Crippen LogP contribution is 2.41. The largest absolute Gasteiger partial charge is 0.508 e. The molecule has 0 saturated heterocycles. The third kappa shape index (κ3) is 5.80. The molecule has 0 bridgehead atoms. The number of carbonyl (C=O) groups is 1. The SMILES string of the molecule is CCCc1ccc(NC(=O)c2c(C(c3ccccc3)c3ccc(O)cc3)c3ccccc3n2CCN(C)C)cc1. The van der Waals surface area contributed by atoms with Gasteiger partial charge in [0, 0.05) is 41.2 Å². The lowest BCUT2D eigenvalue weighted by molar-refractivity contribution is 0.101. The van der Waals surface area contributed by atoms with Crippen LogP contribution in [-0.2, 0) is 13.0 Å². The Morgan fingerprint density at radius 1 is 0.850 bits per heavy atom. The van der Waals surface area contributed by atoms with Crippen molar-refractivity contribution in [3.8, 4) is 5.75 Å². The number of rotatable bonds is 10. The quantitative estimate of drug-likeness (QED) is 0.199. The van der Waals surface area contributed by atoms with Gasteiger partial charge >= 0.3 is 0 Å². The first-order chi connectivity index (χ1) is 19.5. The van der Waals surface area contributed by atoms with Crippen LogP contribution in [0.15, 0.2) is 103 Å². The van der Waals surface area contributed by atoms with Crippen molar-refractivity contribution in [3.05, 3.63) is 131 Å². The van der Waals surface area contributed by atoms with Crippen LogP contribution in [0.2, 0.25) is 0 Å². The fourth-order valence-corrected chi connectivity index (χ4v) is 5.47. The zero-order valence-corrected chi connectivity index (χ0v) is 23.5. The molecule has 0 aliphatic heterocycles. The summed E-state index contributed by atoms with van der Waals surface area (Å²) >= 11 is 0. The van der Waals surface area contributed by atoms with Crippen LogP contribution in [0.3, 0.4) is 0 Å². The molecule has 204 valence electrons. The van der Waals surface area contributed by atoms with Crippen molar-refractivity contribution in [1.29, 1.82) is 0 Å². The first-order valence-electron chi connectivity index (χ1n) is 14.0. The summed E-state index contributed by atoms with van der Waals surface area (Å²) in [6.07, 6.45) is 2.10. The maximum Gasteiger partial charge on any atom is 0.272 e. The standard InChI is InChI=1S/C35H37N3O2/c1-4-10-25-15-19-28(20-16-25)36-35(40)34-33(30-13-8-9-14-31(30)38(34)24-23-37(2)3)32(26-11-6-5-7-12-26)27-17-21-29(39)22-18-27/h5-9,11-22,32,39H,4,10,23-24H2,1-3H3,(H,36,40). The molecule has 1 unspecified atom stereocenters. The van der Waals surface area contributed by atoms with E-state index in [0.29, 0.717) is 12.2 Å². The summed E-state index contributed by atoms with van der Waals surface area (Å²) in [7, 11) is 4.10. The molecule has 0 saturated carbocycles. The van der Waals surface area contributed by atoms with E-state index >= 15 is 0 Å². The van der Waals surface area contributed by atoms with Crippen molar-refractivity contribution < 1.29 is 9.90 Å². The molecule has 5 rings (SSSR count). The summed E-state index contributed by atoms with van der Waals surface area (Å²) < 4.78 is 2.17. The van der Waals surface area contributed by atoms with E-state index in [9.17, 15) is 9.90 Å². The van der Waals surface area contributed by atoms with E-state index in [1.54, 1.807) is 12.1 Å². The van der Waals surface area contributed by atoms with E-state index in [1.165, 1.54) is 5.56 Å². The average Bonchev–Trinajstić information content (AvgIpc) is 3.29. The van der Waals surface area contributed by atoms with Gasteiger partial charge in [-0.3, -0.25) is 4.79 Å². The van der Waals surface area contributed by atoms with Crippen LogP contribution >= 0.6 is 0 Å². The number of amides is 1. The minimum absolute atomic E-state index is 0.132. The van der Waals surface area contributed by atoms with Gasteiger partial charge in [-0.15, -0.1) is 0 Å². The van der Waals surface area contributed by atoms with E-state index < -0.39 is 0 Å². The van der Waals surface area contributed by atoms with E-state index in [4.69, 9.17) is 0 Å². The molecular weight excluding hydrogens is 494 g/mol. The van der Waals surface area contributed by atoms with Crippen LogP contribution < -0.4 is 5.32 Å². The number of hydrogen-bond acceptors (Lipinski definition) is 3. The van der Waals surface area contributed by atoms with Crippen LogP contribution in [0.5, 0.6) is 5.75 Å². The number of phenolic OH excluding ortho intramolecular Hbond substituents is 1. The second-order valence-corrected chi connectivity index (χ2v) is 10.6. The lowest BCUT2D eigenvalue weighted by Crippen LogP contribution is -2.24. The molecule has 1 atom stereocenters. The van der Waals surface area contributed by atoms with Crippen LogP contribution in [0, 0.1) is 0 Å². The fraction of sp³-hybridized carbons (Fsp3) is 0.229. The molecule has 4 aromatic carbocycles. The number of phenols is 1. The summed E-state index contributed by atoms with van der Waals surface area (Å²) in [6, 6.07) is 34.1. The van der Waals surface area contributed by atoms with Gasteiger partial charge in [0.1, 0.15) is 11.4 Å². The molecule has 0 radical (unpaired) electrons. The van der Waals surface area contributed by atoms with Crippen molar-refractivity contribution in [1.82, 2.24) is 9.47 Å². The Morgan fingerprint density at radius 2 is 1.50 bits per heavy atom. The first kappa shape index (κ1) is 27.2. The molecule has 1 aromatic heterocycles. The number of nitrogens with zero attached hydrogens (tertiary/aromatic N) is 2. The molecule has 1 heterocycles. The van der Waals surface area contributed by atoms with Crippen LogP contribution in [0.1, 0.15) is 52.0 Å². The van der Waals surface area contributed by atoms with Crippen molar-refractivity contribution in [3.63, 3.8) is 0 Å². The predicted molar refractivity (Wildman–Crippen MR) is 164 cm³/mol. The Kier molecular flexibility index (Phi) is 8.32. The highest BCUT2D eigenvalue weighted by Gasteiger charge is 2.30. The molecule has 0 aliphatic carbocycles. The van der Waals surface area contributed by atoms with Crippen molar-refractivity contribution in [2.75, 3.05) is 26.0 Å². The van der Waals surface area contributed by atoms with Crippen LogP contribution in [0.4, 0.5) is 5.69 Å². The molecule has 40 heavy (non-hydrogen) atoms. The zero-order chi connectivity index (χ0) is 28.1. The summed E-state index contributed by atoms with van der Waals surface area (Å²) in [6.45, 7) is 3.63. The van der Waals surface area contributed by atoms with Gasteiger partial charge < -0.3 is 19.9 Å². The number of anilines is 1. The lowest BCUT2D eigenvalue weighted by atomic mass is 9.83. The predicted octanol–water partition coefficient (Wildman–Crippen LogP) is 7.29. The van der Waals surface area contributed by atoms with Crippen molar-refractivity contribution in [2.24, 2.45) is 0 Å². The second kappa shape index (κ2) is 12.2. The molecule has 5 heteroatoms. The van der Waals surface area contributed by atoms with Crippen molar-refractivity contribution >= 4 is 22.5 Å². The number of carbonyl (C=O) groups excluding carboxylic acids is 1. The third-order valence-corrected chi connectivity index (χ3v) is 7.39. The fourth-order valence-electron chi connectivity index (χ4n) is 5.47. The third-order valence-electron chi connectivity index (χ3n) is 7.39. The normalized spacial score (nSPS) is 12.1. The molecule has 5 nitrogen and oxygen atoms in total. The monoisotopic (exact) mass is 531 g/mol. The molecule has 0 spiro atoms.